The number of ketones is 1. The van der Waals surface area contributed by atoms with Crippen LogP contribution >= 0.6 is 11.6 Å². The molecule has 0 bridgehead atoms. The molecule has 0 radical (unpaired) electrons. The van der Waals surface area contributed by atoms with Gasteiger partial charge in [0, 0.05) is 36.4 Å². The summed E-state index contributed by atoms with van der Waals surface area (Å²) in [5.74, 6) is 0.486. The Kier molecular flexibility index (Phi) is 5.22. The summed E-state index contributed by atoms with van der Waals surface area (Å²) >= 11 is 5.61. The second kappa shape index (κ2) is 6.22. The van der Waals surface area contributed by atoms with Crippen molar-refractivity contribution in [3.8, 4) is 0 Å². The summed E-state index contributed by atoms with van der Waals surface area (Å²) in [4.78, 5) is 11.9. The normalized spacial score (nSPS) is 12.8. The number of Topliss-reactive ketones (excluding diaryl/α,β-unsaturated/α-hetero) is 1. The van der Waals surface area contributed by atoms with Gasteiger partial charge in [0.05, 0.1) is 12.6 Å². The van der Waals surface area contributed by atoms with Gasteiger partial charge >= 0.3 is 0 Å². The molecule has 0 aliphatic carbocycles. The van der Waals surface area contributed by atoms with E-state index in [2.05, 4.69) is 11.5 Å². The van der Waals surface area contributed by atoms with Crippen LogP contribution in [0.5, 0.6) is 0 Å². The highest BCUT2D eigenvalue weighted by Crippen LogP contribution is 2.21. The monoisotopic (exact) mass is 257 g/mol. The second-order valence-electron chi connectivity index (χ2n) is 4.32. The van der Waals surface area contributed by atoms with Crippen LogP contribution in [-0.2, 0) is 4.74 Å². The maximum atomic E-state index is 11.9. The van der Waals surface area contributed by atoms with Crippen molar-refractivity contribution in [2.24, 2.45) is 0 Å². The Labute approximate surface area is 108 Å². The van der Waals surface area contributed by atoms with Crippen LogP contribution in [0.1, 0.15) is 41.1 Å². The summed E-state index contributed by atoms with van der Waals surface area (Å²) in [6.07, 6.45) is 0.393. The number of aromatic nitrogens is 1. The minimum absolute atomic E-state index is 0.115. The van der Waals surface area contributed by atoms with E-state index in [0.29, 0.717) is 18.9 Å². The van der Waals surface area contributed by atoms with Crippen molar-refractivity contribution in [1.29, 1.82) is 0 Å². The highest BCUT2D eigenvalue weighted by Gasteiger charge is 2.18. The number of alkyl halides is 1. The van der Waals surface area contributed by atoms with Gasteiger partial charge in [-0.2, -0.15) is 0 Å². The number of methoxy groups -OCH3 is 1. The number of ether oxygens (including phenoxy) is 1. The first-order valence-electron chi connectivity index (χ1n) is 5.79. The fraction of sp³-hybridized carbons (Fsp3) is 0.615. The van der Waals surface area contributed by atoms with Crippen molar-refractivity contribution in [3.63, 3.8) is 0 Å². The number of halogens is 1. The third kappa shape index (κ3) is 3.11. The van der Waals surface area contributed by atoms with Gasteiger partial charge in [0.25, 0.3) is 0 Å². The van der Waals surface area contributed by atoms with E-state index in [1.165, 1.54) is 0 Å². The number of hydrogen-bond acceptors (Lipinski definition) is 2. The highest BCUT2D eigenvalue weighted by molar-refractivity contribution is 6.19. The van der Waals surface area contributed by atoms with Crippen molar-refractivity contribution < 1.29 is 9.53 Å². The summed E-state index contributed by atoms with van der Waals surface area (Å²) < 4.78 is 7.30. The first-order valence-corrected chi connectivity index (χ1v) is 6.32. The average molecular weight is 258 g/mol. The number of nitrogens with zero attached hydrogens (tertiary/aromatic N) is 1. The Balaban J connectivity index is 3.05. The molecule has 1 aromatic rings. The van der Waals surface area contributed by atoms with E-state index in [9.17, 15) is 4.79 Å². The number of carbonyl (C=O) groups is 1. The molecule has 0 saturated carbocycles. The van der Waals surface area contributed by atoms with Crippen molar-refractivity contribution in [1.82, 2.24) is 4.57 Å². The molecule has 3 nitrogen and oxygen atoms in total. The Bertz CT molecular complexity index is 398. The van der Waals surface area contributed by atoms with E-state index in [1.54, 1.807) is 7.11 Å². The first-order chi connectivity index (χ1) is 8.02. The van der Waals surface area contributed by atoms with Gasteiger partial charge in [0.15, 0.2) is 5.78 Å². The zero-order chi connectivity index (χ0) is 13.0. The van der Waals surface area contributed by atoms with Gasteiger partial charge in [-0.15, -0.1) is 11.6 Å². The maximum absolute atomic E-state index is 11.9. The summed E-state index contributed by atoms with van der Waals surface area (Å²) in [6, 6.07) is 2.17. The zero-order valence-corrected chi connectivity index (χ0v) is 11.7. The molecule has 0 aliphatic rings. The number of aryl methyl sites for hydroxylation is 1. The van der Waals surface area contributed by atoms with Crippen molar-refractivity contribution in [3.05, 3.63) is 23.0 Å². The third-order valence-electron chi connectivity index (χ3n) is 2.95. The summed E-state index contributed by atoms with van der Waals surface area (Å²) in [6.45, 7) is 6.70. The lowest BCUT2D eigenvalue weighted by molar-refractivity contribution is 0.0988. The molecule has 1 rings (SSSR count). The van der Waals surface area contributed by atoms with Crippen LogP contribution in [0.15, 0.2) is 6.07 Å². The Morgan fingerprint density at radius 3 is 2.71 bits per heavy atom. The van der Waals surface area contributed by atoms with Crippen LogP contribution in [0.25, 0.3) is 0 Å². The quantitative estimate of drug-likeness (QED) is 0.579. The third-order valence-corrected chi connectivity index (χ3v) is 3.14. The van der Waals surface area contributed by atoms with Crippen LogP contribution in [0, 0.1) is 13.8 Å². The fourth-order valence-electron chi connectivity index (χ4n) is 2.27. The molecule has 1 unspecified atom stereocenters. The Hall–Kier alpha value is -0.800. The molecule has 0 N–H and O–H groups in total. The first kappa shape index (κ1) is 14.3. The molecule has 1 heterocycles. The van der Waals surface area contributed by atoms with Crippen LogP contribution < -0.4 is 0 Å². The Morgan fingerprint density at radius 1 is 1.53 bits per heavy atom. The van der Waals surface area contributed by atoms with Crippen LogP contribution in [0.3, 0.4) is 0 Å². The lowest BCUT2D eigenvalue weighted by Gasteiger charge is -2.17. The van der Waals surface area contributed by atoms with Crippen molar-refractivity contribution in [2.75, 3.05) is 19.6 Å². The number of rotatable bonds is 6. The van der Waals surface area contributed by atoms with Crippen LogP contribution in [0.2, 0.25) is 0 Å². The molecule has 0 saturated heterocycles. The van der Waals surface area contributed by atoms with E-state index >= 15 is 0 Å². The maximum Gasteiger partial charge on any atom is 0.165 e. The summed E-state index contributed by atoms with van der Waals surface area (Å²) in [5, 5.41) is 0. The highest BCUT2D eigenvalue weighted by atomic mass is 35.5. The molecule has 0 fully saturated rings. The van der Waals surface area contributed by atoms with E-state index in [0.717, 1.165) is 17.0 Å². The van der Waals surface area contributed by atoms with Crippen LogP contribution in [-0.4, -0.2) is 29.9 Å². The Morgan fingerprint density at radius 2 is 2.18 bits per heavy atom. The second-order valence-corrected chi connectivity index (χ2v) is 4.70. The van der Waals surface area contributed by atoms with Crippen molar-refractivity contribution >= 4 is 17.4 Å². The molecule has 4 heteroatoms. The van der Waals surface area contributed by atoms with Gasteiger partial charge in [-0.25, -0.2) is 0 Å². The molecule has 96 valence electrons. The molecule has 0 aliphatic heterocycles. The zero-order valence-electron chi connectivity index (χ0n) is 10.9. The average Bonchev–Trinajstić information content (AvgIpc) is 2.55. The minimum Gasteiger partial charge on any atom is -0.383 e. The largest absolute Gasteiger partial charge is 0.383 e. The summed E-state index contributed by atoms with van der Waals surface area (Å²) in [5.41, 5.74) is 2.87. The molecule has 1 atom stereocenters. The van der Waals surface area contributed by atoms with Gasteiger partial charge in [0.2, 0.25) is 0 Å². The van der Waals surface area contributed by atoms with Crippen LogP contribution in [0.4, 0.5) is 0 Å². The lowest BCUT2D eigenvalue weighted by atomic mass is 10.1. The molecular formula is C13H20ClNO2. The predicted octanol–water partition coefficient (Wildman–Crippen LogP) is 3.12. The van der Waals surface area contributed by atoms with Gasteiger partial charge in [-0.3, -0.25) is 4.79 Å². The topological polar surface area (TPSA) is 31.2 Å². The molecule has 0 amide bonds. The minimum atomic E-state index is 0.115. The van der Waals surface area contributed by atoms with E-state index < -0.39 is 0 Å². The predicted molar refractivity (Wildman–Crippen MR) is 70.2 cm³/mol. The molecule has 0 aromatic carbocycles. The molecule has 17 heavy (non-hydrogen) atoms. The van der Waals surface area contributed by atoms with Gasteiger partial charge < -0.3 is 9.30 Å². The van der Waals surface area contributed by atoms with E-state index in [1.807, 2.05) is 19.9 Å². The van der Waals surface area contributed by atoms with Gasteiger partial charge in [-0.05, 0) is 26.8 Å². The molecule has 0 spiro atoms. The number of carbonyl (C=O) groups excluding carboxylic acids is 1. The lowest BCUT2D eigenvalue weighted by Crippen LogP contribution is -2.14. The molecule has 1 aromatic heterocycles. The summed E-state index contributed by atoms with van der Waals surface area (Å²) in [7, 11) is 1.68. The number of hydrogen-bond donors (Lipinski definition) is 0. The van der Waals surface area contributed by atoms with E-state index in [-0.39, 0.29) is 11.8 Å². The fourth-order valence-corrected chi connectivity index (χ4v) is 2.45. The molecular weight excluding hydrogens is 238 g/mol. The van der Waals surface area contributed by atoms with E-state index in [4.69, 9.17) is 16.3 Å². The van der Waals surface area contributed by atoms with Gasteiger partial charge in [-0.1, -0.05) is 0 Å². The van der Waals surface area contributed by atoms with Crippen molar-refractivity contribution in [2.45, 2.75) is 33.2 Å². The van der Waals surface area contributed by atoms with Gasteiger partial charge in [0.1, 0.15) is 0 Å². The smallest absolute Gasteiger partial charge is 0.165 e. The standard InChI is InChI=1S/C13H20ClNO2/c1-9-7-12(13(16)5-6-14)11(3)15(9)10(2)8-17-4/h7,10H,5-6,8H2,1-4H3. The SMILES string of the molecule is COCC(C)n1c(C)cc(C(=O)CCCl)c1C.